The highest BCUT2D eigenvalue weighted by Gasteiger charge is 2.37. The lowest BCUT2D eigenvalue weighted by Gasteiger charge is -2.38. The molecule has 2 rings (SSSR count). The largest absolute Gasteiger partial charge is 0.385 e. The van der Waals surface area contributed by atoms with Crippen LogP contribution in [0.25, 0.3) is 0 Å². The predicted octanol–water partition coefficient (Wildman–Crippen LogP) is 1.21. The van der Waals surface area contributed by atoms with Crippen LogP contribution in [0.3, 0.4) is 0 Å². The van der Waals surface area contributed by atoms with Gasteiger partial charge in [-0.25, -0.2) is 0 Å². The van der Waals surface area contributed by atoms with Gasteiger partial charge in [0.25, 0.3) is 0 Å². The lowest BCUT2D eigenvalue weighted by Crippen LogP contribution is -2.46. The molecule has 3 nitrogen and oxygen atoms in total. The first-order valence-electron chi connectivity index (χ1n) is 5.49. The van der Waals surface area contributed by atoms with Gasteiger partial charge in [-0.1, -0.05) is 13.0 Å². The second-order valence-electron chi connectivity index (χ2n) is 4.47. The molecule has 0 aromatic carbocycles. The highest BCUT2D eigenvalue weighted by molar-refractivity contribution is 5.22. The van der Waals surface area contributed by atoms with Crippen molar-refractivity contribution in [3.8, 4) is 0 Å². The van der Waals surface area contributed by atoms with Gasteiger partial charge in [0, 0.05) is 29.9 Å². The van der Waals surface area contributed by atoms with Crippen molar-refractivity contribution in [3.05, 3.63) is 29.6 Å². The molecule has 0 saturated carbocycles. The van der Waals surface area contributed by atoms with Crippen LogP contribution in [0.5, 0.6) is 0 Å². The molecular weight excluding hydrogens is 188 g/mol. The van der Waals surface area contributed by atoms with E-state index in [2.05, 4.69) is 17.2 Å². The normalized spacial score (nSPS) is 31.5. The van der Waals surface area contributed by atoms with Gasteiger partial charge in [-0.05, 0) is 26.0 Å². The molecule has 2 heterocycles. The van der Waals surface area contributed by atoms with E-state index in [1.165, 1.54) is 0 Å². The third-order valence-corrected chi connectivity index (χ3v) is 3.36. The molecule has 1 aromatic rings. The second kappa shape index (κ2) is 3.91. The predicted molar refractivity (Wildman–Crippen MR) is 59.5 cm³/mol. The van der Waals surface area contributed by atoms with E-state index >= 15 is 0 Å². The van der Waals surface area contributed by atoms with E-state index in [4.69, 9.17) is 0 Å². The average molecular weight is 206 g/mol. The fraction of sp³-hybridized carbons (Fsp3) is 0.583. The van der Waals surface area contributed by atoms with Crippen molar-refractivity contribution >= 4 is 0 Å². The van der Waals surface area contributed by atoms with E-state index in [1.807, 2.05) is 19.1 Å². The molecule has 0 bridgehead atoms. The van der Waals surface area contributed by atoms with Crippen LogP contribution in [0.15, 0.2) is 18.3 Å². The molecule has 15 heavy (non-hydrogen) atoms. The minimum atomic E-state index is -0.702. The third-order valence-electron chi connectivity index (χ3n) is 3.36. The van der Waals surface area contributed by atoms with Gasteiger partial charge in [0.2, 0.25) is 0 Å². The quantitative estimate of drug-likeness (QED) is 0.726. The van der Waals surface area contributed by atoms with E-state index in [1.54, 1.807) is 6.20 Å². The van der Waals surface area contributed by atoms with Gasteiger partial charge in [-0.15, -0.1) is 0 Å². The van der Waals surface area contributed by atoms with Crippen molar-refractivity contribution in [1.82, 2.24) is 10.3 Å². The molecule has 2 atom stereocenters. The molecule has 3 heteroatoms. The maximum absolute atomic E-state index is 10.6. The van der Waals surface area contributed by atoms with E-state index in [0.717, 1.165) is 30.8 Å². The topological polar surface area (TPSA) is 45.1 Å². The summed E-state index contributed by atoms with van der Waals surface area (Å²) in [6.07, 6.45) is 2.57. The molecule has 1 aliphatic rings. The number of aromatic nitrogens is 1. The smallest absolute Gasteiger partial charge is 0.0960 e. The van der Waals surface area contributed by atoms with E-state index in [0.29, 0.717) is 0 Å². The first-order valence-corrected chi connectivity index (χ1v) is 5.49. The van der Waals surface area contributed by atoms with Gasteiger partial charge in [0.15, 0.2) is 0 Å². The van der Waals surface area contributed by atoms with Crippen LogP contribution < -0.4 is 5.32 Å². The van der Waals surface area contributed by atoms with Crippen LogP contribution in [0.4, 0.5) is 0 Å². The third kappa shape index (κ3) is 1.90. The Morgan fingerprint density at radius 2 is 2.33 bits per heavy atom. The van der Waals surface area contributed by atoms with Gasteiger partial charge < -0.3 is 10.4 Å². The Labute approximate surface area is 90.5 Å². The zero-order valence-corrected chi connectivity index (χ0v) is 9.33. The summed E-state index contributed by atoms with van der Waals surface area (Å²) >= 11 is 0. The standard InChI is InChI=1S/C12H18N2O/c1-9-7-13-6-5-12(9,15)11-4-3-10(2)14-8-11/h3-4,8-9,13,15H,5-7H2,1-2H3. The number of piperidine rings is 1. The lowest BCUT2D eigenvalue weighted by molar-refractivity contribution is -0.0395. The molecule has 1 saturated heterocycles. The van der Waals surface area contributed by atoms with Crippen molar-refractivity contribution in [2.24, 2.45) is 5.92 Å². The molecule has 1 aromatic heterocycles. The van der Waals surface area contributed by atoms with E-state index in [9.17, 15) is 5.11 Å². The summed E-state index contributed by atoms with van der Waals surface area (Å²) in [4.78, 5) is 4.25. The molecule has 0 aliphatic carbocycles. The first-order chi connectivity index (χ1) is 7.13. The SMILES string of the molecule is Cc1ccc(C2(O)CCNCC2C)cn1. The summed E-state index contributed by atoms with van der Waals surface area (Å²) in [6, 6.07) is 3.95. The van der Waals surface area contributed by atoms with Crippen LogP contribution in [0.1, 0.15) is 24.6 Å². The Bertz CT molecular complexity index is 336. The van der Waals surface area contributed by atoms with Crippen molar-refractivity contribution < 1.29 is 5.11 Å². The number of aryl methyl sites for hydroxylation is 1. The van der Waals surface area contributed by atoms with Gasteiger partial charge in [0.05, 0.1) is 5.60 Å². The van der Waals surface area contributed by atoms with Crippen molar-refractivity contribution in [2.75, 3.05) is 13.1 Å². The zero-order chi connectivity index (χ0) is 10.9. The van der Waals surface area contributed by atoms with Crippen molar-refractivity contribution in [2.45, 2.75) is 25.9 Å². The number of aliphatic hydroxyl groups is 1. The van der Waals surface area contributed by atoms with Crippen LogP contribution in [-0.4, -0.2) is 23.2 Å². The molecular formula is C12H18N2O. The Morgan fingerprint density at radius 1 is 1.53 bits per heavy atom. The highest BCUT2D eigenvalue weighted by Crippen LogP contribution is 2.34. The maximum atomic E-state index is 10.6. The Hall–Kier alpha value is -0.930. The molecule has 2 unspecified atom stereocenters. The van der Waals surface area contributed by atoms with Gasteiger partial charge >= 0.3 is 0 Å². The fourth-order valence-corrected chi connectivity index (χ4v) is 2.17. The van der Waals surface area contributed by atoms with Crippen molar-refractivity contribution in [1.29, 1.82) is 0 Å². The monoisotopic (exact) mass is 206 g/mol. The summed E-state index contributed by atoms with van der Waals surface area (Å²) in [5.41, 5.74) is 1.23. The van der Waals surface area contributed by atoms with Gasteiger partial charge in [0.1, 0.15) is 0 Å². The van der Waals surface area contributed by atoms with E-state index < -0.39 is 5.60 Å². The maximum Gasteiger partial charge on any atom is 0.0960 e. The summed E-state index contributed by atoms with van der Waals surface area (Å²) in [7, 11) is 0. The Kier molecular flexibility index (Phi) is 2.76. The van der Waals surface area contributed by atoms with Gasteiger partial charge in [-0.2, -0.15) is 0 Å². The number of nitrogens with zero attached hydrogens (tertiary/aromatic N) is 1. The number of rotatable bonds is 1. The van der Waals surface area contributed by atoms with Crippen LogP contribution >= 0.6 is 0 Å². The first kappa shape index (κ1) is 10.6. The summed E-state index contributed by atoms with van der Waals surface area (Å²) in [5.74, 6) is 0.232. The highest BCUT2D eigenvalue weighted by atomic mass is 16.3. The van der Waals surface area contributed by atoms with Gasteiger partial charge in [-0.3, -0.25) is 4.98 Å². The summed E-state index contributed by atoms with van der Waals surface area (Å²) in [5, 5.41) is 13.9. The van der Waals surface area contributed by atoms with Crippen LogP contribution in [0.2, 0.25) is 0 Å². The summed E-state index contributed by atoms with van der Waals surface area (Å²) in [6.45, 7) is 5.77. The van der Waals surface area contributed by atoms with E-state index in [-0.39, 0.29) is 5.92 Å². The minimum absolute atomic E-state index is 0.232. The molecule has 1 fully saturated rings. The van der Waals surface area contributed by atoms with Crippen molar-refractivity contribution in [3.63, 3.8) is 0 Å². The number of nitrogens with one attached hydrogen (secondary N) is 1. The Morgan fingerprint density at radius 3 is 2.93 bits per heavy atom. The number of hydrogen-bond donors (Lipinski definition) is 2. The summed E-state index contributed by atoms with van der Waals surface area (Å²) < 4.78 is 0. The molecule has 2 N–H and O–H groups in total. The molecule has 0 amide bonds. The molecule has 0 radical (unpaired) electrons. The fourth-order valence-electron chi connectivity index (χ4n) is 2.17. The Balaban J connectivity index is 2.30. The minimum Gasteiger partial charge on any atom is -0.385 e. The molecule has 0 spiro atoms. The number of pyridine rings is 1. The zero-order valence-electron chi connectivity index (χ0n) is 9.33. The van der Waals surface area contributed by atoms with Crippen LogP contribution in [-0.2, 0) is 5.60 Å². The second-order valence-corrected chi connectivity index (χ2v) is 4.47. The average Bonchev–Trinajstić information content (AvgIpc) is 2.23. The lowest BCUT2D eigenvalue weighted by atomic mass is 9.78. The number of hydrogen-bond acceptors (Lipinski definition) is 3. The molecule has 1 aliphatic heterocycles. The molecule has 82 valence electrons. The van der Waals surface area contributed by atoms with Crippen LogP contribution in [0, 0.1) is 12.8 Å².